The van der Waals surface area contributed by atoms with Gasteiger partial charge in [0, 0.05) is 29.0 Å². The Morgan fingerprint density at radius 2 is 1.95 bits per heavy atom. The zero-order valence-corrected chi connectivity index (χ0v) is 11.1. The first kappa shape index (κ1) is 11.7. The molecule has 0 aliphatic carbocycles. The average Bonchev–Trinajstić information content (AvgIpc) is 3.20. The number of nitrogens with one attached hydrogen (secondary N) is 2. The van der Waals surface area contributed by atoms with Crippen molar-refractivity contribution in [3.8, 4) is 11.3 Å². The lowest BCUT2D eigenvalue weighted by molar-refractivity contribution is 0.572. The highest BCUT2D eigenvalue weighted by Crippen LogP contribution is 2.26. The summed E-state index contributed by atoms with van der Waals surface area (Å²) in [5, 5.41) is 4.47. The number of aromatic amines is 1. The van der Waals surface area contributed by atoms with Crippen LogP contribution in [0.5, 0.6) is 0 Å². The van der Waals surface area contributed by atoms with E-state index in [1.807, 2.05) is 42.6 Å². The van der Waals surface area contributed by atoms with Crippen LogP contribution in [0.4, 0.5) is 11.4 Å². The third-order valence-electron chi connectivity index (χ3n) is 3.34. The number of H-pyrrole nitrogens is 1. The highest BCUT2D eigenvalue weighted by molar-refractivity contribution is 5.91. The van der Waals surface area contributed by atoms with E-state index in [4.69, 9.17) is 4.42 Å². The molecule has 0 spiro atoms. The van der Waals surface area contributed by atoms with Gasteiger partial charge in [-0.3, -0.25) is 0 Å². The lowest BCUT2D eigenvalue weighted by Crippen LogP contribution is -1.91. The molecular formula is C16H12N4O. The number of benzene rings is 1. The van der Waals surface area contributed by atoms with E-state index in [0.717, 1.165) is 33.7 Å². The van der Waals surface area contributed by atoms with Gasteiger partial charge in [-0.05, 0) is 36.4 Å². The SMILES string of the molecule is c1cc(Nc2ccc(-c3cnco3)cc2)c2cc[nH]c2n1. The number of hydrogen-bond donors (Lipinski definition) is 2. The summed E-state index contributed by atoms with van der Waals surface area (Å²) in [4.78, 5) is 11.3. The number of hydrogen-bond acceptors (Lipinski definition) is 4. The Hall–Kier alpha value is -3.08. The predicted molar refractivity (Wildman–Crippen MR) is 81.3 cm³/mol. The summed E-state index contributed by atoms with van der Waals surface area (Å²) in [7, 11) is 0. The van der Waals surface area contributed by atoms with Crippen molar-refractivity contribution in [2.45, 2.75) is 0 Å². The van der Waals surface area contributed by atoms with Crippen molar-refractivity contribution in [2.75, 3.05) is 5.32 Å². The third kappa shape index (κ3) is 2.14. The standard InChI is InChI=1S/C16H12N4O/c1-3-12(4-2-11(1)15-9-17-10-21-15)20-14-6-8-19-16-13(14)5-7-18-16/h1-10H,(H2,18,19,20). The molecule has 0 aliphatic rings. The van der Waals surface area contributed by atoms with E-state index >= 15 is 0 Å². The number of aromatic nitrogens is 3. The molecule has 5 heteroatoms. The maximum absolute atomic E-state index is 5.28. The van der Waals surface area contributed by atoms with Gasteiger partial charge < -0.3 is 14.7 Å². The molecule has 5 nitrogen and oxygen atoms in total. The zero-order valence-electron chi connectivity index (χ0n) is 11.1. The second-order valence-corrected chi connectivity index (χ2v) is 4.67. The molecule has 0 unspecified atom stereocenters. The number of nitrogens with zero attached hydrogens (tertiary/aromatic N) is 2. The molecule has 21 heavy (non-hydrogen) atoms. The molecule has 0 atom stereocenters. The predicted octanol–water partition coefficient (Wildman–Crippen LogP) is 3.96. The van der Waals surface area contributed by atoms with Crippen molar-refractivity contribution >= 4 is 22.4 Å². The van der Waals surface area contributed by atoms with Gasteiger partial charge in [-0.2, -0.15) is 0 Å². The van der Waals surface area contributed by atoms with E-state index in [-0.39, 0.29) is 0 Å². The number of anilines is 2. The molecule has 0 aliphatic heterocycles. The van der Waals surface area contributed by atoms with Crippen molar-refractivity contribution in [3.63, 3.8) is 0 Å². The number of rotatable bonds is 3. The molecule has 2 N–H and O–H groups in total. The van der Waals surface area contributed by atoms with Gasteiger partial charge in [0.05, 0.1) is 11.9 Å². The molecule has 0 fully saturated rings. The molecule has 4 aromatic rings. The lowest BCUT2D eigenvalue weighted by Gasteiger charge is -2.08. The summed E-state index contributed by atoms with van der Waals surface area (Å²) < 4.78 is 5.28. The van der Waals surface area contributed by atoms with Crippen LogP contribution in [-0.4, -0.2) is 15.0 Å². The Labute approximate surface area is 120 Å². The van der Waals surface area contributed by atoms with E-state index in [9.17, 15) is 0 Å². The first-order chi connectivity index (χ1) is 10.4. The summed E-state index contributed by atoms with van der Waals surface area (Å²) in [6, 6.07) is 12.0. The minimum absolute atomic E-state index is 0.762. The molecular weight excluding hydrogens is 264 g/mol. The van der Waals surface area contributed by atoms with Crippen LogP contribution >= 0.6 is 0 Å². The quantitative estimate of drug-likeness (QED) is 0.594. The Morgan fingerprint density at radius 3 is 2.76 bits per heavy atom. The van der Waals surface area contributed by atoms with Crippen LogP contribution in [0, 0.1) is 0 Å². The maximum Gasteiger partial charge on any atom is 0.181 e. The van der Waals surface area contributed by atoms with Crippen LogP contribution in [0.2, 0.25) is 0 Å². The Bertz CT molecular complexity index is 863. The average molecular weight is 276 g/mol. The lowest BCUT2D eigenvalue weighted by atomic mass is 10.1. The summed E-state index contributed by atoms with van der Waals surface area (Å²) in [5.41, 5.74) is 3.90. The summed E-state index contributed by atoms with van der Waals surface area (Å²) in [6.07, 6.45) is 6.80. The van der Waals surface area contributed by atoms with Gasteiger partial charge in [0.25, 0.3) is 0 Å². The molecule has 4 rings (SSSR count). The molecule has 0 saturated carbocycles. The largest absolute Gasteiger partial charge is 0.444 e. The van der Waals surface area contributed by atoms with Gasteiger partial charge in [0.2, 0.25) is 0 Å². The smallest absolute Gasteiger partial charge is 0.181 e. The van der Waals surface area contributed by atoms with Gasteiger partial charge >= 0.3 is 0 Å². The van der Waals surface area contributed by atoms with Gasteiger partial charge in [-0.15, -0.1) is 0 Å². The van der Waals surface area contributed by atoms with E-state index < -0.39 is 0 Å². The van der Waals surface area contributed by atoms with Crippen molar-refractivity contribution in [1.29, 1.82) is 0 Å². The maximum atomic E-state index is 5.28. The molecule has 0 radical (unpaired) electrons. The van der Waals surface area contributed by atoms with Gasteiger partial charge in [0.1, 0.15) is 5.65 Å². The number of fused-ring (bicyclic) bond motifs is 1. The summed E-state index contributed by atoms with van der Waals surface area (Å²) >= 11 is 0. The molecule has 3 aromatic heterocycles. The fraction of sp³-hybridized carbons (Fsp3) is 0. The zero-order chi connectivity index (χ0) is 14.1. The van der Waals surface area contributed by atoms with E-state index in [1.54, 1.807) is 12.4 Å². The third-order valence-corrected chi connectivity index (χ3v) is 3.34. The second kappa shape index (κ2) is 4.79. The Kier molecular flexibility index (Phi) is 2.67. The number of oxazole rings is 1. The summed E-state index contributed by atoms with van der Waals surface area (Å²) in [6.45, 7) is 0. The Balaban J connectivity index is 1.64. The molecule has 3 heterocycles. The fourth-order valence-electron chi connectivity index (χ4n) is 2.30. The minimum Gasteiger partial charge on any atom is -0.444 e. The van der Waals surface area contributed by atoms with Crippen LogP contribution in [0.3, 0.4) is 0 Å². The molecule has 102 valence electrons. The van der Waals surface area contributed by atoms with Crippen LogP contribution < -0.4 is 5.32 Å². The van der Waals surface area contributed by atoms with E-state index in [0.29, 0.717) is 0 Å². The van der Waals surface area contributed by atoms with E-state index in [1.165, 1.54) is 6.39 Å². The molecule has 0 saturated heterocycles. The van der Waals surface area contributed by atoms with Crippen molar-refractivity contribution in [2.24, 2.45) is 0 Å². The highest BCUT2D eigenvalue weighted by atomic mass is 16.3. The normalized spacial score (nSPS) is 10.9. The molecule has 0 bridgehead atoms. The highest BCUT2D eigenvalue weighted by Gasteiger charge is 2.04. The van der Waals surface area contributed by atoms with Crippen molar-refractivity contribution < 1.29 is 4.42 Å². The van der Waals surface area contributed by atoms with Gasteiger partial charge in [-0.1, -0.05) is 0 Å². The van der Waals surface area contributed by atoms with Gasteiger partial charge in [0.15, 0.2) is 12.2 Å². The van der Waals surface area contributed by atoms with Crippen LogP contribution in [0.15, 0.2) is 65.8 Å². The van der Waals surface area contributed by atoms with Crippen LogP contribution in [0.25, 0.3) is 22.4 Å². The number of pyridine rings is 1. The van der Waals surface area contributed by atoms with E-state index in [2.05, 4.69) is 20.3 Å². The molecule has 0 amide bonds. The van der Waals surface area contributed by atoms with Crippen molar-refractivity contribution in [1.82, 2.24) is 15.0 Å². The summed E-state index contributed by atoms with van der Waals surface area (Å²) in [5.74, 6) is 0.762. The first-order valence-corrected chi connectivity index (χ1v) is 6.58. The minimum atomic E-state index is 0.762. The second-order valence-electron chi connectivity index (χ2n) is 4.67. The first-order valence-electron chi connectivity index (χ1n) is 6.58. The van der Waals surface area contributed by atoms with Crippen LogP contribution in [0.1, 0.15) is 0 Å². The molecule has 1 aromatic carbocycles. The fourth-order valence-corrected chi connectivity index (χ4v) is 2.30. The van der Waals surface area contributed by atoms with Gasteiger partial charge in [-0.25, -0.2) is 9.97 Å². The van der Waals surface area contributed by atoms with Crippen molar-refractivity contribution in [3.05, 3.63) is 61.4 Å². The Morgan fingerprint density at radius 1 is 1.05 bits per heavy atom. The topological polar surface area (TPSA) is 66.7 Å². The monoisotopic (exact) mass is 276 g/mol. The van der Waals surface area contributed by atoms with Crippen LogP contribution in [-0.2, 0) is 0 Å².